The molecule has 0 bridgehead atoms. The van der Waals surface area contributed by atoms with E-state index in [0.29, 0.717) is 11.1 Å². The van der Waals surface area contributed by atoms with E-state index in [1.54, 1.807) is 13.8 Å². The molecule has 2 N–H and O–H groups in total. The van der Waals surface area contributed by atoms with E-state index < -0.39 is 23.4 Å². The maximum Gasteiger partial charge on any atom is 0.347 e. The summed E-state index contributed by atoms with van der Waals surface area (Å²) in [6.45, 7) is 3.13. The first kappa shape index (κ1) is 19.4. The van der Waals surface area contributed by atoms with Gasteiger partial charge in [-0.05, 0) is 37.1 Å². The molecule has 2 aromatic carbocycles. The highest BCUT2D eigenvalue weighted by molar-refractivity contribution is 6.34. The van der Waals surface area contributed by atoms with Gasteiger partial charge in [-0.2, -0.15) is 0 Å². The molecular weight excluding hydrogens is 364 g/mol. The number of carbonyl (C=O) groups is 2. The number of aromatic hydroxyl groups is 2. The number of benzene rings is 2. The average Bonchev–Trinajstić information content (AvgIpc) is 2.57. The highest BCUT2D eigenvalue weighted by Gasteiger charge is 2.23. The van der Waals surface area contributed by atoms with Crippen LogP contribution in [0.15, 0.2) is 18.2 Å². The molecule has 0 amide bonds. The van der Waals surface area contributed by atoms with E-state index in [0.717, 1.165) is 6.07 Å². The number of hydrogen-bond donors (Lipinski definition) is 2. The van der Waals surface area contributed by atoms with Crippen molar-refractivity contribution in [2.24, 2.45) is 0 Å². The molecule has 0 radical (unpaired) electrons. The fourth-order valence-corrected chi connectivity index (χ4v) is 2.70. The van der Waals surface area contributed by atoms with E-state index in [4.69, 9.17) is 21.1 Å². The standard InChI is InChI=1S/C18H17ClO7/c1-8-5-10(7-11(20)13(8)17(22)25-4)26-18(23)14-9(2)6-12(24-3)15(19)16(14)21/h5-7,20-21H,1-4H3. The first-order chi connectivity index (χ1) is 12.2. The predicted octanol–water partition coefficient (Wildman–Crippen LogP) is 3.38. The topological polar surface area (TPSA) is 102 Å². The summed E-state index contributed by atoms with van der Waals surface area (Å²) < 4.78 is 14.8. The van der Waals surface area contributed by atoms with Crippen LogP contribution in [-0.4, -0.2) is 36.4 Å². The maximum absolute atomic E-state index is 12.5. The number of carbonyl (C=O) groups excluding carboxylic acids is 2. The third kappa shape index (κ3) is 3.52. The molecule has 138 valence electrons. The van der Waals surface area contributed by atoms with Crippen LogP contribution in [0.4, 0.5) is 0 Å². The summed E-state index contributed by atoms with van der Waals surface area (Å²) in [5.74, 6) is -2.26. The van der Waals surface area contributed by atoms with Crippen LogP contribution in [0.5, 0.6) is 23.0 Å². The van der Waals surface area contributed by atoms with Crippen LogP contribution >= 0.6 is 11.6 Å². The number of aryl methyl sites for hydroxylation is 2. The van der Waals surface area contributed by atoms with E-state index in [1.807, 2.05) is 0 Å². The Morgan fingerprint density at radius 3 is 2.12 bits per heavy atom. The summed E-state index contributed by atoms with van der Waals surface area (Å²) in [7, 11) is 2.57. The lowest BCUT2D eigenvalue weighted by molar-refractivity contribution is 0.0596. The molecule has 0 atom stereocenters. The Labute approximate surface area is 154 Å². The van der Waals surface area contributed by atoms with Crippen molar-refractivity contribution >= 4 is 23.5 Å². The van der Waals surface area contributed by atoms with Crippen molar-refractivity contribution in [1.29, 1.82) is 0 Å². The third-order valence-corrected chi connectivity index (χ3v) is 4.08. The van der Waals surface area contributed by atoms with E-state index in [9.17, 15) is 19.8 Å². The Hall–Kier alpha value is -2.93. The zero-order chi connectivity index (χ0) is 19.6. The summed E-state index contributed by atoms with van der Waals surface area (Å²) >= 11 is 5.97. The van der Waals surface area contributed by atoms with Gasteiger partial charge in [0, 0.05) is 6.07 Å². The second-order valence-electron chi connectivity index (χ2n) is 5.45. The van der Waals surface area contributed by atoms with Crippen molar-refractivity contribution in [2.45, 2.75) is 13.8 Å². The molecule has 0 spiro atoms. The van der Waals surface area contributed by atoms with Gasteiger partial charge in [0.25, 0.3) is 0 Å². The van der Waals surface area contributed by atoms with Gasteiger partial charge in [-0.3, -0.25) is 0 Å². The number of ether oxygens (including phenoxy) is 3. The molecule has 0 fully saturated rings. The SMILES string of the molecule is COC(=O)c1c(C)cc(OC(=O)c2c(C)cc(OC)c(Cl)c2O)cc1O. The van der Waals surface area contributed by atoms with Crippen LogP contribution in [0.25, 0.3) is 0 Å². The summed E-state index contributed by atoms with van der Waals surface area (Å²) in [5.41, 5.74) is 0.582. The Morgan fingerprint density at radius 1 is 0.962 bits per heavy atom. The van der Waals surface area contributed by atoms with Crippen LogP contribution in [-0.2, 0) is 4.74 Å². The van der Waals surface area contributed by atoms with Gasteiger partial charge >= 0.3 is 11.9 Å². The highest BCUT2D eigenvalue weighted by atomic mass is 35.5. The normalized spacial score (nSPS) is 10.3. The first-order valence-electron chi connectivity index (χ1n) is 7.41. The molecule has 2 rings (SSSR count). The maximum atomic E-state index is 12.5. The van der Waals surface area contributed by atoms with Gasteiger partial charge in [-0.15, -0.1) is 0 Å². The lowest BCUT2D eigenvalue weighted by Crippen LogP contribution is -2.12. The minimum atomic E-state index is -0.880. The quantitative estimate of drug-likeness (QED) is 0.619. The Bertz CT molecular complexity index is 867. The van der Waals surface area contributed by atoms with Crippen molar-refractivity contribution in [2.75, 3.05) is 14.2 Å². The number of rotatable bonds is 4. The molecule has 2 aromatic rings. The largest absolute Gasteiger partial charge is 0.507 e. The van der Waals surface area contributed by atoms with Gasteiger partial charge in [0.15, 0.2) is 5.75 Å². The average molecular weight is 381 g/mol. The van der Waals surface area contributed by atoms with Gasteiger partial charge < -0.3 is 24.4 Å². The van der Waals surface area contributed by atoms with Gasteiger partial charge in [-0.1, -0.05) is 11.6 Å². The molecule has 0 heterocycles. The van der Waals surface area contributed by atoms with Crippen molar-refractivity contribution in [3.8, 4) is 23.0 Å². The fraction of sp³-hybridized carbons (Fsp3) is 0.222. The Balaban J connectivity index is 2.40. The van der Waals surface area contributed by atoms with Crippen LogP contribution in [0.1, 0.15) is 31.8 Å². The van der Waals surface area contributed by atoms with Crippen LogP contribution in [0.3, 0.4) is 0 Å². The molecule has 7 nitrogen and oxygen atoms in total. The second-order valence-corrected chi connectivity index (χ2v) is 5.83. The Kier molecular flexibility index (Phi) is 5.62. The van der Waals surface area contributed by atoms with E-state index in [2.05, 4.69) is 4.74 Å². The minimum absolute atomic E-state index is 0.0107. The van der Waals surface area contributed by atoms with Crippen LogP contribution in [0.2, 0.25) is 5.02 Å². The monoisotopic (exact) mass is 380 g/mol. The zero-order valence-electron chi connectivity index (χ0n) is 14.5. The summed E-state index contributed by atoms with van der Waals surface area (Å²) in [4.78, 5) is 24.1. The van der Waals surface area contributed by atoms with Gasteiger partial charge in [0.05, 0.1) is 14.2 Å². The zero-order valence-corrected chi connectivity index (χ0v) is 15.3. The molecule has 0 aliphatic heterocycles. The molecule has 0 saturated carbocycles. The highest BCUT2D eigenvalue weighted by Crippen LogP contribution is 2.39. The van der Waals surface area contributed by atoms with Crippen molar-refractivity contribution in [3.05, 3.63) is 45.5 Å². The predicted molar refractivity (Wildman–Crippen MR) is 93.5 cm³/mol. The lowest BCUT2D eigenvalue weighted by Gasteiger charge is -2.14. The number of hydrogen-bond acceptors (Lipinski definition) is 7. The molecular formula is C18H17ClO7. The van der Waals surface area contributed by atoms with Crippen molar-refractivity contribution in [3.63, 3.8) is 0 Å². The van der Waals surface area contributed by atoms with E-state index in [-0.39, 0.29) is 27.6 Å². The lowest BCUT2D eigenvalue weighted by atomic mass is 10.1. The van der Waals surface area contributed by atoms with Gasteiger partial charge in [-0.25, -0.2) is 9.59 Å². The number of phenolic OH excluding ortho intramolecular Hbond substituents is 2. The number of methoxy groups -OCH3 is 2. The molecule has 26 heavy (non-hydrogen) atoms. The summed E-state index contributed by atoms with van der Waals surface area (Å²) in [5, 5.41) is 20.1. The fourth-order valence-electron chi connectivity index (χ4n) is 2.47. The number of phenols is 2. The first-order valence-corrected chi connectivity index (χ1v) is 7.79. The van der Waals surface area contributed by atoms with Crippen molar-refractivity contribution < 1.29 is 34.0 Å². The van der Waals surface area contributed by atoms with Gasteiger partial charge in [0.1, 0.15) is 33.4 Å². The molecule has 0 saturated heterocycles. The van der Waals surface area contributed by atoms with Crippen molar-refractivity contribution in [1.82, 2.24) is 0 Å². The summed E-state index contributed by atoms with van der Waals surface area (Å²) in [6.07, 6.45) is 0. The molecule has 0 aliphatic rings. The van der Waals surface area contributed by atoms with E-state index in [1.165, 1.54) is 26.4 Å². The summed E-state index contributed by atoms with van der Waals surface area (Å²) in [6, 6.07) is 3.98. The smallest absolute Gasteiger partial charge is 0.347 e. The molecule has 0 unspecified atom stereocenters. The third-order valence-electron chi connectivity index (χ3n) is 3.72. The van der Waals surface area contributed by atoms with E-state index >= 15 is 0 Å². The number of halogens is 1. The minimum Gasteiger partial charge on any atom is -0.507 e. The number of esters is 2. The molecule has 0 aliphatic carbocycles. The van der Waals surface area contributed by atoms with Gasteiger partial charge in [0.2, 0.25) is 0 Å². The van der Waals surface area contributed by atoms with Crippen LogP contribution < -0.4 is 9.47 Å². The van der Waals surface area contributed by atoms with Crippen LogP contribution in [0, 0.1) is 13.8 Å². The second kappa shape index (κ2) is 7.53. The molecule has 0 aromatic heterocycles. The Morgan fingerprint density at radius 2 is 1.58 bits per heavy atom. The molecule has 8 heteroatoms.